The lowest BCUT2D eigenvalue weighted by atomic mass is 9.87. The van der Waals surface area contributed by atoms with Crippen LogP contribution in [0.5, 0.6) is 5.75 Å². The van der Waals surface area contributed by atoms with Gasteiger partial charge in [-0.15, -0.1) is 0 Å². The molecule has 0 spiro atoms. The van der Waals surface area contributed by atoms with E-state index in [2.05, 4.69) is 42.0 Å². The summed E-state index contributed by atoms with van der Waals surface area (Å²) in [6, 6.07) is 13.3. The summed E-state index contributed by atoms with van der Waals surface area (Å²) in [4.78, 5) is 27.6. The van der Waals surface area contributed by atoms with E-state index < -0.39 is 6.04 Å². The van der Waals surface area contributed by atoms with Gasteiger partial charge in [-0.25, -0.2) is 0 Å². The van der Waals surface area contributed by atoms with Crippen LogP contribution >= 0.6 is 15.9 Å². The lowest BCUT2D eigenvalue weighted by Crippen LogP contribution is -2.49. The molecule has 1 atom stereocenters. The average molecular weight is 518 g/mol. The van der Waals surface area contributed by atoms with Crippen molar-refractivity contribution < 1.29 is 14.3 Å². The first kappa shape index (κ1) is 26.9. The Bertz CT molecular complexity index is 966. The Hall–Kier alpha value is -2.34. The Morgan fingerprint density at radius 2 is 1.79 bits per heavy atom. The molecule has 0 aliphatic carbocycles. The summed E-state index contributed by atoms with van der Waals surface area (Å²) in [7, 11) is 0. The second-order valence-corrected chi connectivity index (χ2v) is 10.9. The number of halogens is 1. The van der Waals surface area contributed by atoms with E-state index in [9.17, 15) is 9.59 Å². The number of carbonyl (C=O) groups excluding carboxylic acids is 2. The number of hydrogen-bond donors (Lipinski definition) is 1. The first-order valence-electron chi connectivity index (χ1n) is 11.4. The zero-order valence-corrected chi connectivity index (χ0v) is 22.5. The van der Waals surface area contributed by atoms with Gasteiger partial charge in [0.2, 0.25) is 5.91 Å². The second-order valence-electron chi connectivity index (χ2n) is 10.0. The van der Waals surface area contributed by atoms with Crippen LogP contribution in [0.15, 0.2) is 46.9 Å². The summed E-state index contributed by atoms with van der Waals surface area (Å²) in [5.74, 6) is 0.526. The maximum atomic E-state index is 13.2. The van der Waals surface area contributed by atoms with Gasteiger partial charge in [0.1, 0.15) is 11.8 Å². The molecule has 2 rings (SSSR count). The molecule has 0 radical (unpaired) electrons. The summed E-state index contributed by atoms with van der Waals surface area (Å²) in [6.07, 6.45) is 0. The molecular formula is C27H37BrN2O3. The van der Waals surface area contributed by atoms with Crippen LogP contribution in [-0.2, 0) is 21.5 Å². The quantitative estimate of drug-likeness (QED) is 0.470. The Balaban J connectivity index is 2.17. The van der Waals surface area contributed by atoms with Crippen molar-refractivity contribution in [3.8, 4) is 5.75 Å². The third-order valence-corrected chi connectivity index (χ3v) is 6.06. The number of aryl methyl sites for hydroxylation is 1. The van der Waals surface area contributed by atoms with Crippen molar-refractivity contribution in [3.63, 3.8) is 0 Å². The van der Waals surface area contributed by atoms with Crippen molar-refractivity contribution in [1.82, 2.24) is 10.2 Å². The molecule has 0 aromatic heterocycles. The van der Waals surface area contributed by atoms with Gasteiger partial charge in [-0.1, -0.05) is 70.5 Å². The normalized spacial score (nSPS) is 12.4. The highest BCUT2D eigenvalue weighted by molar-refractivity contribution is 9.10. The third kappa shape index (κ3) is 8.18. The lowest BCUT2D eigenvalue weighted by molar-refractivity contribution is -0.142. The zero-order chi connectivity index (χ0) is 24.8. The molecule has 1 N–H and O–H groups in total. The van der Waals surface area contributed by atoms with Crippen LogP contribution < -0.4 is 10.1 Å². The Morgan fingerprint density at radius 3 is 2.36 bits per heavy atom. The van der Waals surface area contributed by atoms with Gasteiger partial charge in [-0.2, -0.15) is 0 Å². The molecule has 6 heteroatoms. The molecule has 33 heavy (non-hydrogen) atoms. The zero-order valence-electron chi connectivity index (χ0n) is 20.9. The van der Waals surface area contributed by atoms with Gasteiger partial charge in [-0.3, -0.25) is 9.59 Å². The highest BCUT2D eigenvalue weighted by atomic mass is 79.9. The average Bonchev–Trinajstić information content (AvgIpc) is 2.73. The molecule has 5 nitrogen and oxygen atoms in total. The highest BCUT2D eigenvalue weighted by Gasteiger charge is 2.27. The molecule has 180 valence electrons. The predicted molar refractivity (Wildman–Crippen MR) is 137 cm³/mol. The van der Waals surface area contributed by atoms with Gasteiger partial charge in [0, 0.05) is 13.1 Å². The number of amides is 2. The minimum absolute atomic E-state index is 0.0141. The fourth-order valence-electron chi connectivity index (χ4n) is 3.35. The van der Waals surface area contributed by atoms with Crippen molar-refractivity contribution >= 4 is 27.7 Å². The molecular weight excluding hydrogens is 480 g/mol. The molecule has 0 aliphatic rings. The minimum atomic E-state index is -0.618. The molecule has 2 amide bonds. The summed E-state index contributed by atoms with van der Waals surface area (Å²) in [5.41, 5.74) is 3.27. The number of hydrogen-bond acceptors (Lipinski definition) is 3. The van der Waals surface area contributed by atoms with Crippen LogP contribution in [0.2, 0.25) is 0 Å². The van der Waals surface area contributed by atoms with E-state index in [4.69, 9.17) is 4.74 Å². The topological polar surface area (TPSA) is 58.6 Å². The van der Waals surface area contributed by atoms with Crippen LogP contribution in [0.3, 0.4) is 0 Å². The van der Waals surface area contributed by atoms with Gasteiger partial charge in [-0.05, 0) is 64.4 Å². The lowest BCUT2D eigenvalue weighted by Gasteiger charge is -2.29. The SMILES string of the molecule is Cc1cccc(CN(C(=O)COc2ccc(C(C)(C)C)cc2Br)C(C)C(=O)NCC(C)C)c1. The van der Waals surface area contributed by atoms with Crippen LogP contribution in [0, 0.1) is 12.8 Å². The van der Waals surface area contributed by atoms with Crippen LogP contribution in [-0.4, -0.2) is 35.9 Å². The Labute approximate surface area is 207 Å². The number of nitrogens with one attached hydrogen (secondary N) is 1. The minimum Gasteiger partial charge on any atom is -0.483 e. The maximum absolute atomic E-state index is 13.2. The van der Waals surface area contributed by atoms with E-state index in [1.807, 2.05) is 63.2 Å². The molecule has 0 fully saturated rings. The van der Waals surface area contributed by atoms with Crippen LogP contribution in [0.25, 0.3) is 0 Å². The number of nitrogens with zero attached hydrogens (tertiary/aromatic N) is 1. The third-order valence-electron chi connectivity index (χ3n) is 5.44. The molecule has 2 aromatic rings. The van der Waals surface area contributed by atoms with E-state index in [0.717, 1.165) is 15.6 Å². The van der Waals surface area contributed by atoms with E-state index in [-0.39, 0.29) is 23.8 Å². The number of benzene rings is 2. The molecule has 0 aliphatic heterocycles. The summed E-state index contributed by atoms with van der Waals surface area (Å²) in [6.45, 7) is 15.0. The van der Waals surface area contributed by atoms with E-state index in [0.29, 0.717) is 24.8 Å². The first-order chi connectivity index (χ1) is 15.4. The van der Waals surface area contributed by atoms with Gasteiger partial charge in [0.15, 0.2) is 6.61 Å². The molecule has 1 unspecified atom stereocenters. The standard InChI is InChI=1S/C27H37BrN2O3/c1-18(2)15-29-26(32)20(4)30(16-21-10-8-9-19(3)13-21)25(31)17-33-24-12-11-22(14-23(24)28)27(5,6)7/h8-14,18,20H,15-17H2,1-7H3,(H,29,32). The predicted octanol–water partition coefficient (Wildman–Crippen LogP) is 5.62. The molecule has 0 heterocycles. The van der Waals surface area contributed by atoms with E-state index in [1.165, 1.54) is 5.56 Å². The number of carbonyl (C=O) groups is 2. The fourth-order valence-corrected chi connectivity index (χ4v) is 3.84. The Kier molecular flexibility index (Phi) is 9.53. The monoisotopic (exact) mass is 516 g/mol. The second kappa shape index (κ2) is 11.7. The fraction of sp³-hybridized carbons (Fsp3) is 0.481. The molecule has 0 saturated carbocycles. The first-order valence-corrected chi connectivity index (χ1v) is 12.2. The summed E-state index contributed by atoms with van der Waals surface area (Å²) >= 11 is 3.56. The van der Waals surface area contributed by atoms with Crippen molar-refractivity contribution in [2.24, 2.45) is 5.92 Å². The van der Waals surface area contributed by atoms with E-state index >= 15 is 0 Å². The molecule has 2 aromatic carbocycles. The number of ether oxygens (including phenoxy) is 1. The number of rotatable bonds is 9. The van der Waals surface area contributed by atoms with Gasteiger partial charge in [0.05, 0.1) is 4.47 Å². The highest BCUT2D eigenvalue weighted by Crippen LogP contribution is 2.31. The molecule has 0 bridgehead atoms. The van der Waals surface area contributed by atoms with Gasteiger partial charge >= 0.3 is 0 Å². The van der Waals surface area contributed by atoms with Crippen molar-refractivity contribution in [1.29, 1.82) is 0 Å². The summed E-state index contributed by atoms with van der Waals surface area (Å²) in [5, 5.41) is 2.94. The maximum Gasteiger partial charge on any atom is 0.261 e. The van der Waals surface area contributed by atoms with Gasteiger partial charge in [0.25, 0.3) is 5.91 Å². The van der Waals surface area contributed by atoms with Crippen molar-refractivity contribution in [2.45, 2.75) is 66.5 Å². The van der Waals surface area contributed by atoms with Crippen molar-refractivity contribution in [3.05, 3.63) is 63.6 Å². The smallest absolute Gasteiger partial charge is 0.261 e. The largest absolute Gasteiger partial charge is 0.483 e. The van der Waals surface area contributed by atoms with Gasteiger partial charge < -0.3 is 15.0 Å². The molecule has 0 saturated heterocycles. The van der Waals surface area contributed by atoms with E-state index in [1.54, 1.807) is 11.8 Å². The van der Waals surface area contributed by atoms with Crippen LogP contribution in [0.1, 0.15) is 58.2 Å². The Morgan fingerprint density at radius 1 is 1.09 bits per heavy atom. The van der Waals surface area contributed by atoms with Crippen molar-refractivity contribution in [2.75, 3.05) is 13.2 Å². The van der Waals surface area contributed by atoms with Crippen LogP contribution in [0.4, 0.5) is 0 Å². The summed E-state index contributed by atoms with van der Waals surface area (Å²) < 4.78 is 6.67.